The summed E-state index contributed by atoms with van der Waals surface area (Å²) in [5, 5.41) is 2.58. The fraction of sp³-hybridized carbons (Fsp3) is 0.409. The Hall–Kier alpha value is -3.16. The van der Waals surface area contributed by atoms with E-state index in [1.807, 2.05) is 29.2 Å². The summed E-state index contributed by atoms with van der Waals surface area (Å²) in [4.78, 5) is 27.5. The number of carbonyl (C=O) groups excluding carboxylic acids is 2. The molecule has 3 heterocycles. The second kappa shape index (κ2) is 8.69. The number of nitrogens with zero attached hydrogens (tertiary/aromatic N) is 2. The molecule has 2 aliphatic heterocycles. The van der Waals surface area contributed by atoms with Gasteiger partial charge in [0.05, 0.1) is 31.6 Å². The number of nitrogens with one attached hydrogen (secondary N) is 1. The van der Waals surface area contributed by atoms with E-state index in [2.05, 4.69) is 15.0 Å². The minimum absolute atomic E-state index is 0.0534. The largest absolute Gasteiger partial charge is 0.483 e. The molecule has 4 rings (SSSR count). The van der Waals surface area contributed by atoms with Crippen LogP contribution in [0, 0.1) is 11.7 Å². The van der Waals surface area contributed by atoms with E-state index in [0.29, 0.717) is 38.0 Å². The molecule has 1 saturated heterocycles. The van der Waals surface area contributed by atoms with Crippen LogP contribution in [-0.2, 0) is 29.0 Å². The minimum Gasteiger partial charge on any atom is -0.453 e. The molecule has 0 aliphatic carbocycles. The number of halogens is 1. The number of methoxy groups -OCH3 is 1. The topological polar surface area (TPSA) is 85.1 Å². The van der Waals surface area contributed by atoms with Gasteiger partial charge >= 0.3 is 12.1 Å². The number of fused-ring (bicyclic) bond motifs is 1. The molecule has 30 heavy (non-hydrogen) atoms. The molecule has 0 spiro atoms. The lowest BCUT2D eigenvalue weighted by Gasteiger charge is -2.24. The predicted molar refractivity (Wildman–Crippen MR) is 109 cm³/mol. The second-order valence-electron chi connectivity index (χ2n) is 7.77. The van der Waals surface area contributed by atoms with Crippen LogP contribution in [-0.4, -0.2) is 41.6 Å². The average molecular weight is 414 g/mol. The standard InChI is InChI=1S/C22H24FN3O4/c1-29-22(28)25-11-17-8-15(10-21(27)30-17)7-14-4-5-20(18(23)9-14)26-12-16-3-2-6-24-19(16)13-26/h2-6,9,15,17H,7-8,10-13H2,1H3,(H,25,28)/p+1/t15?,17-/m1/s1. The second-order valence-corrected chi connectivity index (χ2v) is 7.77. The lowest BCUT2D eigenvalue weighted by molar-refractivity contribution is 0.0969. The normalized spacial score (nSPS) is 20.5. The number of carbonyl (C=O) groups is 1. The van der Waals surface area contributed by atoms with E-state index in [1.165, 1.54) is 7.11 Å². The highest BCUT2D eigenvalue weighted by molar-refractivity contribution is 5.72. The minimum atomic E-state index is -0.544. The Bertz CT molecular complexity index is 927. The molecule has 0 saturated carbocycles. The number of hydrogen-bond donors (Lipinski definition) is 1. The zero-order valence-corrected chi connectivity index (χ0v) is 16.8. The molecule has 2 atom stereocenters. The third-order valence-corrected chi connectivity index (χ3v) is 5.59. The average Bonchev–Trinajstić information content (AvgIpc) is 3.15. The van der Waals surface area contributed by atoms with E-state index < -0.39 is 6.09 Å². The van der Waals surface area contributed by atoms with Gasteiger partial charge in [-0.15, -0.1) is 0 Å². The number of anilines is 1. The van der Waals surface area contributed by atoms with Crippen LogP contribution in [0.15, 0.2) is 36.5 Å². The Morgan fingerprint density at radius 2 is 2.27 bits per heavy atom. The van der Waals surface area contributed by atoms with E-state index >= 15 is 0 Å². The number of pyridine rings is 1. The summed E-state index contributed by atoms with van der Waals surface area (Å²) >= 11 is 0. The lowest BCUT2D eigenvalue weighted by Crippen LogP contribution is -2.39. The van der Waals surface area contributed by atoms with Gasteiger partial charge in [0.1, 0.15) is 12.2 Å². The van der Waals surface area contributed by atoms with Gasteiger partial charge in [0, 0.05) is 19.2 Å². The molecule has 2 N–H and O–H groups in total. The zero-order valence-electron chi connectivity index (χ0n) is 16.8. The third-order valence-electron chi connectivity index (χ3n) is 5.59. The SMILES string of the molecule is COC(=O)NC[C@H]1CC(Cc2ccc(N3Cc4cccnc4C3)c(F)c2)CC(=[OH+])O1. The molecule has 158 valence electrons. The fourth-order valence-electron chi connectivity index (χ4n) is 4.18. The smallest absolute Gasteiger partial charge is 0.453 e. The van der Waals surface area contributed by atoms with E-state index in [0.717, 1.165) is 16.8 Å². The number of cyclic esters (lactones) is 1. The van der Waals surface area contributed by atoms with Crippen molar-refractivity contribution < 1.29 is 23.5 Å². The highest BCUT2D eigenvalue weighted by atomic mass is 19.1. The molecule has 0 radical (unpaired) electrons. The molecule has 1 aromatic carbocycles. The van der Waals surface area contributed by atoms with Gasteiger partial charge in [-0.2, -0.15) is 0 Å². The first-order valence-corrected chi connectivity index (χ1v) is 10.0. The third kappa shape index (κ3) is 4.53. The molecule has 1 amide bonds. The Labute approximate surface area is 174 Å². The monoisotopic (exact) mass is 414 g/mol. The molecule has 1 fully saturated rings. The summed E-state index contributed by atoms with van der Waals surface area (Å²) in [7, 11) is 1.29. The first-order chi connectivity index (χ1) is 14.5. The van der Waals surface area contributed by atoms with E-state index in [4.69, 9.17) is 4.74 Å². The quantitative estimate of drug-likeness (QED) is 0.601. The lowest BCUT2D eigenvalue weighted by atomic mass is 9.89. The maximum Gasteiger partial charge on any atom is 0.483 e. The van der Waals surface area contributed by atoms with Crippen molar-refractivity contribution >= 4 is 17.7 Å². The van der Waals surface area contributed by atoms with Crippen molar-refractivity contribution in [2.45, 2.75) is 38.5 Å². The van der Waals surface area contributed by atoms with Gasteiger partial charge in [0.2, 0.25) is 6.10 Å². The molecule has 1 unspecified atom stereocenters. The number of esters is 1. The van der Waals surface area contributed by atoms with E-state index in [9.17, 15) is 14.0 Å². The Morgan fingerprint density at radius 3 is 3.03 bits per heavy atom. The Kier molecular flexibility index (Phi) is 5.83. The molecule has 2 aromatic rings. The summed E-state index contributed by atoms with van der Waals surface area (Å²) in [6.45, 7) is 1.49. The summed E-state index contributed by atoms with van der Waals surface area (Å²) in [5.74, 6) is -0.222. The van der Waals surface area contributed by atoms with Crippen molar-refractivity contribution in [1.82, 2.24) is 10.3 Å². The molecule has 2 aliphatic rings. The van der Waals surface area contributed by atoms with Gasteiger partial charge in [0.15, 0.2) is 0 Å². The van der Waals surface area contributed by atoms with Gasteiger partial charge in [-0.05, 0) is 41.7 Å². The van der Waals surface area contributed by atoms with Crippen molar-refractivity contribution in [1.29, 1.82) is 0 Å². The fourth-order valence-corrected chi connectivity index (χ4v) is 4.18. The van der Waals surface area contributed by atoms with Gasteiger partial charge in [0.25, 0.3) is 0 Å². The van der Waals surface area contributed by atoms with Crippen molar-refractivity contribution in [2.24, 2.45) is 5.92 Å². The van der Waals surface area contributed by atoms with Gasteiger partial charge < -0.3 is 24.5 Å². The van der Waals surface area contributed by atoms with Crippen molar-refractivity contribution in [3.05, 3.63) is 59.2 Å². The number of aromatic nitrogens is 1. The summed E-state index contributed by atoms with van der Waals surface area (Å²) in [5.41, 5.74) is 3.55. The van der Waals surface area contributed by atoms with Crippen LogP contribution in [0.2, 0.25) is 0 Å². The van der Waals surface area contributed by atoms with Crippen molar-refractivity contribution in [3.63, 3.8) is 0 Å². The Morgan fingerprint density at radius 1 is 1.40 bits per heavy atom. The summed E-state index contributed by atoms with van der Waals surface area (Å²) in [6.07, 6.45) is 2.52. The number of alkyl carbamates (subject to hydrolysis) is 1. The van der Waals surface area contributed by atoms with E-state index in [1.54, 1.807) is 12.3 Å². The molecule has 1 aromatic heterocycles. The zero-order chi connectivity index (χ0) is 21.1. The van der Waals surface area contributed by atoms with Crippen molar-refractivity contribution in [2.75, 3.05) is 18.6 Å². The molecular formula is C22H25FN3O4+. The van der Waals surface area contributed by atoms with Crippen molar-refractivity contribution in [3.8, 4) is 0 Å². The first kappa shape index (κ1) is 20.1. The van der Waals surface area contributed by atoms with Crippen LogP contribution in [0.1, 0.15) is 29.7 Å². The molecular weight excluding hydrogens is 389 g/mol. The van der Waals surface area contributed by atoms with E-state index in [-0.39, 0.29) is 30.4 Å². The molecule has 7 nitrogen and oxygen atoms in total. The van der Waals surface area contributed by atoms with Gasteiger partial charge in [-0.3, -0.25) is 4.98 Å². The Balaban J connectivity index is 1.38. The number of amides is 1. The number of benzene rings is 1. The highest BCUT2D eigenvalue weighted by Crippen LogP contribution is 2.31. The number of hydrogen-bond acceptors (Lipinski definition) is 5. The summed E-state index contributed by atoms with van der Waals surface area (Å²) < 4.78 is 24.8. The predicted octanol–water partition coefficient (Wildman–Crippen LogP) is 2.94. The number of rotatable bonds is 5. The maximum absolute atomic E-state index is 14.9. The van der Waals surface area contributed by atoms with Crippen LogP contribution < -0.4 is 10.2 Å². The molecule has 0 bridgehead atoms. The van der Waals surface area contributed by atoms with Crippen LogP contribution in [0.25, 0.3) is 0 Å². The molecule has 8 heteroatoms. The maximum atomic E-state index is 14.9. The van der Waals surface area contributed by atoms with Crippen LogP contribution in [0.4, 0.5) is 14.9 Å². The number of ether oxygens (including phenoxy) is 2. The summed E-state index contributed by atoms with van der Waals surface area (Å²) in [6, 6.07) is 9.24. The van der Waals surface area contributed by atoms with Crippen LogP contribution >= 0.6 is 0 Å². The first-order valence-electron chi connectivity index (χ1n) is 10.0. The highest BCUT2D eigenvalue weighted by Gasteiger charge is 2.35. The van der Waals surface area contributed by atoms with Gasteiger partial charge in [-0.25, -0.2) is 9.18 Å². The van der Waals surface area contributed by atoms with Crippen LogP contribution in [0.5, 0.6) is 0 Å². The van der Waals surface area contributed by atoms with Gasteiger partial charge in [-0.1, -0.05) is 12.1 Å². The van der Waals surface area contributed by atoms with Crippen LogP contribution in [0.3, 0.4) is 0 Å².